The van der Waals surface area contributed by atoms with E-state index in [4.69, 9.17) is 9.47 Å². The zero-order valence-corrected chi connectivity index (χ0v) is 16.7. The molecule has 2 heterocycles. The number of nitrogens with zero attached hydrogens (tertiary/aromatic N) is 2. The number of pyridine rings is 1. The van der Waals surface area contributed by atoms with Crippen molar-refractivity contribution in [3.63, 3.8) is 0 Å². The number of anilines is 2. The van der Waals surface area contributed by atoms with Crippen molar-refractivity contribution in [1.29, 1.82) is 0 Å². The number of hydrogen-bond donors (Lipinski definition) is 1. The van der Waals surface area contributed by atoms with E-state index in [9.17, 15) is 4.79 Å². The molecule has 0 saturated carbocycles. The second kappa shape index (κ2) is 10.1. The average Bonchev–Trinajstić information content (AvgIpc) is 2.75. The lowest BCUT2D eigenvalue weighted by atomic mass is 10.1. The van der Waals surface area contributed by atoms with Gasteiger partial charge in [-0.3, -0.25) is 4.79 Å². The van der Waals surface area contributed by atoms with Crippen molar-refractivity contribution >= 4 is 17.4 Å². The summed E-state index contributed by atoms with van der Waals surface area (Å²) >= 11 is 0. The number of carbonyl (C=O) groups is 1. The third kappa shape index (κ3) is 5.23. The van der Waals surface area contributed by atoms with Gasteiger partial charge in [0.2, 0.25) is 0 Å². The summed E-state index contributed by atoms with van der Waals surface area (Å²) in [7, 11) is 0. The third-order valence-electron chi connectivity index (χ3n) is 4.93. The summed E-state index contributed by atoms with van der Waals surface area (Å²) in [5.41, 5.74) is 1.16. The van der Waals surface area contributed by atoms with Gasteiger partial charge in [0.25, 0.3) is 5.91 Å². The predicted molar refractivity (Wildman–Crippen MR) is 111 cm³/mol. The van der Waals surface area contributed by atoms with Gasteiger partial charge in [-0.05, 0) is 57.4 Å². The molecule has 150 valence electrons. The Hall–Kier alpha value is -2.60. The monoisotopic (exact) mass is 383 g/mol. The molecule has 1 aliphatic rings. The maximum absolute atomic E-state index is 12.6. The number of hydrogen-bond acceptors (Lipinski definition) is 5. The highest BCUT2D eigenvalue weighted by Crippen LogP contribution is 2.25. The van der Waals surface area contributed by atoms with Gasteiger partial charge in [-0.2, -0.15) is 0 Å². The summed E-state index contributed by atoms with van der Waals surface area (Å²) in [5.74, 6) is 1.32. The van der Waals surface area contributed by atoms with E-state index in [-0.39, 0.29) is 12.0 Å². The zero-order chi connectivity index (χ0) is 19.8. The van der Waals surface area contributed by atoms with Crippen LogP contribution in [0.25, 0.3) is 0 Å². The molecule has 3 rings (SSSR count). The third-order valence-corrected chi connectivity index (χ3v) is 4.93. The molecule has 1 saturated heterocycles. The van der Waals surface area contributed by atoms with E-state index in [1.165, 1.54) is 6.42 Å². The first-order valence-corrected chi connectivity index (χ1v) is 10.1. The predicted octanol–water partition coefficient (Wildman–Crippen LogP) is 4.13. The maximum Gasteiger partial charge on any atom is 0.257 e. The SMILES string of the molecule is CCN(CC)c1ccc(C(=O)Nc2ccccc2OCC2CCCCO2)cn1. The molecule has 0 aliphatic carbocycles. The minimum atomic E-state index is -0.205. The van der Waals surface area contributed by atoms with Gasteiger partial charge in [-0.25, -0.2) is 4.98 Å². The van der Waals surface area contributed by atoms with Gasteiger partial charge in [0.15, 0.2) is 0 Å². The number of para-hydroxylation sites is 2. The van der Waals surface area contributed by atoms with E-state index in [0.717, 1.165) is 38.4 Å². The van der Waals surface area contributed by atoms with Gasteiger partial charge in [-0.15, -0.1) is 0 Å². The van der Waals surface area contributed by atoms with Crippen LogP contribution < -0.4 is 15.0 Å². The van der Waals surface area contributed by atoms with Crippen molar-refractivity contribution in [2.45, 2.75) is 39.2 Å². The molecule has 2 aromatic rings. The Kier molecular flexibility index (Phi) is 7.25. The van der Waals surface area contributed by atoms with Crippen molar-refractivity contribution in [1.82, 2.24) is 4.98 Å². The van der Waals surface area contributed by atoms with Crippen LogP contribution >= 0.6 is 0 Å². The minimum absolute atomic E-state index is 0.120. The fourth-order valence-corrected chi connectivity index (χ4v) is 3.27. The molecule has 1 unspecified atom stereocenters. The first-order valence-electron chi connectivity index (χ1n) is 10.1. The van der Waals surface area contributed by atoms with Crippen LogP contribution in [0.5, 0.6) is 5.75 Å². The van der Waals surface area contributed by atoms with Gasteiger partial charge in [0.1, 0.15) is 18.2 Å². The van der Waals surface area contributed by atoms with E-state index in [1.54, 1.807) is 12.3 Å². The zero-order valence-electron chi connectivity index (χ0n) is 16.7. The Bertz CT molecular complexity index is 754. The minimum Gasteiger partial charge on any atom is -0.489 e. The van der Waals surface area contributed by atoms with Crippen molar-refractivity contribution in [3.05, 3.63) is 48.2 Å². The molecule has 1 aromatic carbocycles. The quantitative estimate of drug-likeness (QED) is 0.743. The second-order valence-electron chi connectivity index (χ2n) is 6.83. The lowest BCUT2D eigenvalue weighted by molar-refractivity contribution is -0.0109. The average molecular weight is 383 g/mol. The number of carbonyl (C=O) groups excluding carboxylic acids is 1. The number of amides is 1. The van der Waals surface area contributed by atoms with Gasteiger partial charge < -0.3 is 19.7 Å². The standard InChI is InChI=1S/C22H29N3O3/c1-3-25(4-2)21-13-12-17(15-23-21)22(26)24-19-10-5-6-11-20(19)28-16-18-9-7-8-14-27-18/h5-6,10-13,15,18H,3-4,7-9,14,16H2,1-2H3,(H,24,26). The van der Waals surface area contributed by atoms with Crippen molar-refractivity contribution in [2.24, 2.45) is 0 Å². The first kappa shape index (κ1) is 20.1. The van der Waals surface area contributed by atoms with Gasteiger partial charge in [-0.1, -0.05) is 12.1 Å². The molecule has 1 amide bonds. The van der Waals surface area contributed by atoms with Crippen LogP contribution in [0.15, 0.2) is 42.6 Å². The molecule has 1 aliphatic heterocycles. The molecular weight excluding hydrogens is 354 g/mol. The number of nitrogens with one attached hydrogen (secondary N) is 1. The van der Waals surface area contributed by atoms with Crippen molar-refractivity contribution < 1.29 is 14.3 Å². The highest BCUT2D eigenvalue weighted by Gasteiger charge is 2.16. The van der Waals surface area contributed by atoms with Gasteiger partial charge in [0.05, 0.1) is 17.4 Å². The lowest BCUT2D eigenvalue weighted by Crippen LogP contribution is -2.26. The van der Waals surface area contributed by atoms with Crippen LogP contribution in [0.4, 0.5) is 11.5 Å². The number of aromatic nitrogens is 1. The van der Waals surface area contributed by atoms with Gasteiger partial charge in [0, 0.05) is 25.9 Å². The van der Waals surface area contributed by atoms with Crippen LogP contribution in [-0.4, -0.2) is 43.3 Å². The Balaban J connectivity index is 1.63. The summed E-state index contributed by atoms with van der Waals surface area (Å²) in [5, 5.41) is 2.93. The molecule has 0 spiro atoms. The summed E-state index contributed by atoms with van der Waals surface area (Å²) in [4.78, 5) is 19.2. The molecule has 1 aromatic heterocycles. The Morgan fingerprint density at radius 1 is 1.21 bits per heavy atom. The summed E-state index contributed by atoms with van der Waals surface area (Å²) in [6.07, 6.45) is 5.03. The fourth-order valence-electron chi connectivity index (χ4n) is 3.27. The molecule has 1 atom stereocenters. The largest absolute Gasteiger partial charge is 0.489 e. The highest BCUT2D eigenvalue weighted by molar-refractivity contribution is 6.04. The van der Waals surface area contributed by atoms with E-state index >= 15 is 0 Å². The van der Waals surface area contributed by atoms with Crippen LogP contribution in [0, 0.1) is 0 Å². The van der Waals surface area contributed by atoms with Gasteiger partial charge >= 0.3 is 0 Å². The van der Waals surface area contributed by atoms with Crippen LogP contribution in [0.1, 0.15) is 43.5 Å². The molecule has 28 heavy (non-hydrogen) atoms. The number of rotatable bonds is 8. The number of ether oxygens (including phenoxy) is 2. The van der Waals surface area contributed by atoms with Crippen LogP contribution in [-0.2, 0) is 4.74 Å². The molecule has 6 heteroatoms. The van der Waals surface area contributed by atoms with Crippen molar-refractivity contribution in [3.8, 4) is 5.75 Å². The van der Waals surface area contributed by atoms with E-state index in [0.29, 0.717) is 23.6 Å². The fraction of sp³-hybridized carbons (Fsp3) is 0.455. The Morgan fingerprint density at radius 2 is 2.04 bits per heavy atom. The smallest absolute Gasteiger partial charge is 0.257 e. The summed E-state index contributed by atoms with van der Waals surface area (Å²) in [6.45, 7) is 7.22. The Labute approximate surface area is 166 Å². The topological polar surface area (TPSA) is 63.7 Å². The van der Waals surface area contributed by atoms with Crippen molar-refractivity contribution in [2.75, 3.05) is 36.5 Å². The molecule has 1 fully saturated rings. The van der Waals surface area contributed by atoms with Crippen LogP contribution in [0.3, 0.4) is 0 Å². The van der Waals surface area contributed by atoms with E-state index < -0.39 is 0 Å². The normalized spacial score (nSPS) is 16.4. The van der Waals surface area contributed by atoms with E-state index in [2.05, 4.69) is 29.0 Å². The highest BCUT2D eigenvalue weighted by atomic mass is 16.5. The summed E-state index contributed by atoms with van der Waals surface area (Å²) < 4.78 is 11.6. The maximum atomic E-state index is 12.6. The molecule has 0 bridgehead atoms. The van der Waals surface area contributed by atoms with Crippen LogP contribution in [0.2, 0.25) is 0 Å². The molecule has 6 nitrogen and oxygen atoms in total. The summed E-state index contributed by atoms with van der Waals surface area (Å²) in [6, 6.07) is 11.2. The molecular formula is C22H29N3O3. The second-order valence-corrected chi connectivity index (χ2v) is 6.83. The lowest BCUT2D eigenvalue weighted by Gasteiger charge is -2.23. The first-order chi connectivity index (χ1) is 13.7. The number of benzene rings is 1. The molecule has 0 radical (unpaired) electrons. The Morgan fingerprint density at radius 3 is 2.71 bits per heavy atom. The van der Waals surface area contributed by atoms with E-state index in [1.807, 2.05) is 30.3 Å². The molecule has 1 N–H and O–H groups in total.